The first-order chi connectivity index (χ1) is 8.52. The average molecular weight is 245 g/mol. The molecule has 0 bridgehead atoms. The molecule has 2 heteroatoms. The molecule has 0 unspecified atom stereocenters. The second kappa shape index (κ2) is 5.13. The van der Waals surface area contributed by atoms with Gasteiger partial charge in [0, 0.05) is 12.5 Å². The summed E-state index contributed by atoms with van der Waals surface area (Å²) < 4.78 is 0. The summed E-state index contributed by atoms with van der Waals surface area (Å²) >= 11 is 0. The Bertz CT molecular complexity index is 412. The number of likely N-dealkylation sites (tertiary alicyclic amines) is 1. The number of carbonyl (C=O) groups is 1. The molecule has 1 heterocycles. The molecule has 0 aromatic heterocycles. The van der Waals surface area contributed by atoms with Crippen molar-refractivity contribution in [1.82, 2.24) is 4.90 Å². The zero-order valence-corrected chi connectivity index (χ0v) is 11.8. The summed E-state index contributed by atoms with van der Waals surface area (Å²) in [5.41, 5.74) is 1.22. The van der Waals surface area contributed by atoms with Gasteiger partial charge in [-0.2, -0.15) is 0 Å². The Kier molecular flexibility index (Phi) is 3.74. The molecule has 1 aliphatic rings. The molecule has 1 aromatic rings. The molecule has 0 saturated carbocycles. The smallest absolute Gasteiger partial charge is 0.226 e. The van der Waals surface area contributed by atoms with Gasteiger partial charge in [0.1, 0.15) is 0 Å². The summed E-state index contributed by atoms with van der Waals surface area (Å²) in [5.74, 6) is 1.53. The molecule has 2 nitrogen and oxygen atoms in total. The lowest BCUT2D eigenvalue weighted by Gasteiger charge is -2.25. The molecular formula is C16H23NO. The Morgan fingerprint density at radius 1 is 1.17 bits per heavy atom. The van der Waals surface area contributed by atoms with Crippen LogP contribution in [0.25, 0.3) is 0 Å². The highest BCUT2D eigenvalue weighted by atomic mass is 16.2. The molecule has 18 heavy (non-hydrogen) atoms. The standard InChI is InChI=1S/C16H23NO/c1-11(2)15-10-17(16(18)12(15)3)13(4)14-8-6-5-7-9-14/h5-9,11-13,15H,10H2,1-4H3/t12-,13+,15+/m0/s1. The van der Waals surface area contributed by atoms with E-state index in [0.29, 0.717) is 17.7 Å². The zero-order chi connectivity index (χ0) is 13.3. The van der Waals surface area contributed by atoms with Crippen LogP contribution in [-0.4, -0.2) is 17.4 Å². The van der Waals surface area contributed by atoms with E-state index in [2.05, 4.69) is 39.8 Å². The van der Waals surface area contributed by atoms with E-state index >= 15 is 0 Å². The van der Waals surface area contributed by atoms with E-state index in [1.165, 1.54) is 5.56 Å². The number of benzene rings is 1. The van der Waals surface area contributed by atoms with E-state index in [9.17, 15) is 4.79 Å². The molecule has 1 saturated heterocycles. The SMILES string of the molecule is CC(C)[C@H]1CN([C@H](C)c2ccccc2)C(=O)[C@H]1C. The van der Waals surface area contributed by atoms with E-state index in [0.717, 1.165) is 6.54 Å². The van der Waals surface area contributed by atoms with Gasteiger partial charge < -0.3 is 4.90 Å². The van der Waals surface area contributed by atoms with Crippen LogP contribution in [0.2, 0.25) is 0 Å². The van der Waals surface area contributed by atoms with Gasteiger partial charge in [0.2, 0.25) is 5.91 Å². The predicted octanol–water partition coefficient (Wildman–Crippen LogP) is 3.50. The molecule has 0 radical (unpaired) electrons. The summed E-state index contributed by atoms with van der Waals surface area (Å²) in [6, 6.07) is 10.5. The van der Waals surface area contributed by atoms with Gasteiger partial charge in [0.15, 0.2) is 0 Å². The fourth-order valence-corrected chi connectivity index (χ4v) is 2.97. The maximum atomic E-state index is 12.4. The first kappa shape index (κ1) is 13.1. The quantitative estimate of drug-likeness (QED) is 0.798. The normalized spacial score (nSPS) is 25.8. The Labute approximate surface area is 110 Å². The van der Waals surface area contributed by atoms with Crippen molar-refractivity contribution in [2.24, 2.45) is 17.8 Å². The van der Waals surface area contributed by atoms with E-state index in [-0.39, 0.29) is 12.0 Å². The van der Waals surface area contributed by atoms with Crippen LogP contribution >= 0.6 is 0 Å². The lowest BCUT2D eigenvalue weighted by molar-refractivity contribution is -0.132. The summed E-state index contributed by atoms with van der Waals surface area (Å²) in [5, 5.41) is 0. The molecule has 2 rings (SSSR count). The number of hydrogen-bond acceptors (Lipinski definition) is 1. The van der Waals surface area contributed by atoms with Crippen LogP contribution in [0.5, 0.6) is 0 Å². The number of hydrogen-bond donors (Lipinski definition) is 0. The van der Waals surface area contributed by atoms with Crippen LogP contribution in [0.4, 0.5) is 0 Å². The highest BCUT2D eigenvalue weighted by Crippen LogP contribution is 2.35. The topological polar surface area (TPSA) is 20.3 Å². The van der Waals surface area contributed by atoms with Crippen LogP contribution in [0.1, 0.15) is 39.3 Å². The minimum absolute atomic E-state index is 0.163. The summed E-state index contributed by atoms with van der Waals surface area (Å²) in [7, 11) is 0. The number of nitrogens with zero attached hydrogens (tertiary/aromatic N) is 1. The number of carbonyl (C=O) groups excluding carboxylic acids is 1. The second-order valence-corrected chi connectivity index (χ2v) is 5.77. The largest absolute Gasteiger partial charge is 0.335 e. The fraction of sp³-hybridized carbons (Fsp3) is 0.562. The van der Waals surface area contributed by atoms with Crippen molar-refractivity contribution in [2.75, 3.05) is 6.54 Å². The Morgan fingerprint density at radius 2 is 1.78 bits per heavy atom. The maximum Gasteiger partial charge on any atom is 0.226 e. The molecule has 1 fully saturated rings. The van der Waals surface area contributed by atoms with Gasteiger partial charge in [-0.15, -0.1) is 0 Å². The molecule has 3 atom stereocenters. The second-order valence-electron chi connectivity index (χ2n) is 5.77. The van der Waals surface area contributed by atoms with Crippen LogP contribution in [0.3, 0.4) is 0 Å². The third kappa shape index (κ3) is 2.29. The van der Waals surface area contributed by atoms with E-state index in [1.807, 2.05) is 23.1 Å². The van der Waals surface area contributed by atoms with Crippen LogP contribution in [0.15, 0.2) is 30.3 Å². The van der Waals surface area contributed by atoms with Crippen LogP contribution < -0.4 is 0 Å². The fourth-order valence-electron chi connectivity index (χ4n) is 2.97. The van der Waals surface area contributed by atoms with Crippen molar-refractivity contribution in [3.05, 3.63) is 35.9 Å². The zero-order valence-electron chi connectivity index (χ0n) is 11.8. The van der Waals surface area contributed by atoms with Crippen molar-refractivity contribution < 1.29 is 4.79 Å². The van der Waals surface area contributed by atoms with E-state index in [1.54, 1.807) is 0 Å². The van der Waals surface area contributed by atoms with Gasteiger partial charge in [-0.05, 0) is 24.3 Å². The van der Waals surface area contributed by atoms with Crippen molar-refractivity contribution in [3.8, 4) is 0 Å². The monoisotopic (exact) mass is 245 g/mol. The predicted molar refractivity (Wildman–Crippen MR) is 74.1 cm³/mol. The molecule has 0 spiro atoms. The molecule has 0 N–H and O–H groups in total. The molecule has 1 aromatic carbocycles. The highest BCUT2D eigenvalue weighted by molar-refractivity contribution is 5.81. The van der Waals surface area contributed by atoms with Gasteiger partial charge in [-0.1, -0.05) is 51.1 Å². The van der Waals surface area contributed by atoms with Crippen LogP contribution in [0, 0.1) is 17.8 Å². The summed E-state index contributed by atoms with van der Waals surface area (Å²) in [4.78, 5) is 14.4. The maximum absolute atomic E-state index is 12.4. The molecule has 1 aliphatic heterocycles. The van der Waals surface area contributed by atoms with Crippen molar-refractivity contribution >= 4 is 5.91 Å². The summed E-state index contributed by atoms with van der Waals surface area (Å²) in [6.07, 6.45) is 0. The third-order valence-corrected chi connectivity index (χ3v) is 4.33. The van der Waals surface area contributed by atoms with Gasteiger partial charge in [0.25, 0.3) is 0 Å². The molecular weight excluding hydrogens is 222 g/mol. The van der Waals surface area contributed by atoms with Gasteiger partial charge in [0.05, 0.1) is 6.04 Å². The van der Waals surface area contributed by atoms with Crippen molar-refractivity contribution in [2.45, 2.75) is 33.7 Å². The minimum Gasteiger partial charge on any atom is -0.335 e. The molecule has 1 amide bonds. The molecule has 98 valence electrons. The third-order valence-electron chi connectivity index (χ3n) is 4.33. The van der Waals surface area contributed by atoms with Gasteiger partial charge in [-0.25, -0.2) is 0 Å². The minimum atomic E-state index is 0.163. The summed E-state index contributed by atoms with van der Waals surface area (Å²) in [6.45, 7) is 9.53. The first-order valence-corrected chi connectivity index (χ1v) is 6.87. The van der Waals surface area contributed by atoms with E-state index in [4.69, 9.17) is 0 Å². The van der Waals surface area contributed by atoms with E-state index < -0.39 is 0 Å². The van der Waals surface area contributed by atoms with Crippen LogP contribution in [-0.2, 0) is 4.79 Å². The Hall–Kier alpha value is -1.31. The average Bonchev–Trinajstić information content (AvgIpc) is 2.67. The van der Waals surface area contributed by atoms with Crippen molar-refractivity contribution in [3.63, 3.8) is 0 Å². The van der Waals surface area contributed by atoms with Crippen molar-refractivity contribution in [1.29, 1.82) is 0 Å². The Balaban J connectivity index is 2.18. The number of amides is 1. The first-order valence-electron chi connectivity index (χ1n) is 6.87. The lowest BCUT2D eigenvalue weighted by Crippen LogP contribution is -2.29. The number of rotatable bonds is 3. The van der Waals surface area contributed by atoms with Gasteiger partial charge in [-0.3, -0.25) is 4.79 Å². The highest BCUT2D eigenvalue weighted by Gasteiger charge is 2.40. The lowest BCUT2D eigenvalue weighted by atomic mass is 9.87. The van der Waals surface area contributed by atoms with Gasteiger partial charge >= 0.3 is 0 Å². The molecule has 0 aliphatic carbocycles. The Morgan fingerprint density at radius 3 is 2.28 bits per heavy atom.